The van der Waals surface area contributed by atoms with Crippen LogP contribution in [0.5, 0.6) is 0 Å². The molecule has 94 valence electrons. The van der Waals surface area contributed by atoms with Gasteiger partial charge in [0, 0.05) is 31.0 Å². The number of aromatic nitrogens is 2. The van der Waals surface area contributed by atoms with E-state index in [9.17, 15) is 0 Å². The Balaban J connectivity index is 1.60. The van der Waals surface area contributed by atoms with E-state index in [0.717, 1.165) is 24.8 Å². The summed E-state index contributed by atoms with van der Waals surface area (Å²) in [5, 5.41) is 3.52. The molecule has 18 heavy (non-hydrogen) atoms. The predicted octanol–water partition coefficient (Wildman–Crippen LogP) is 2.55. The van der Waals surface area contributed by atoms with E-state index in [4.69, 9.17) is 0 Å². The highest BCUT2D eigenvalue weighted by Gasteiger charge is 2.19. The minimum atomic E-state index is 0.946. The van der Waals surface area contributed by atoms with Crippen LogP contribution in [0.2, 0.25) is 0 Å². The van der Waals surface area contributed by atoms with Crippen molar-refractivity contribution >= 4 is 0 Å². The number of benzene rings is 1. The van der Waals surface area contributed by atoms with Crippen LogP contribution in [-0.4, -0.2) is 22.6 Å². The quantitative estimate of drug-likeness (QED) is 0.788. The number of rotatable bonds is 6. The van der Waals surface area contributed by atoms with Crippen molar-refractivity contribution in [3.8, 4) is 11.4 Å². The van der Waals surface area contributed by atoms with Crippen LogP contribution in [0.15, 0.2) is 42.7 Å². The van der Waals surface area contributed by atoms with Crippen LogP contribution in [-0.2, 0) is 6.54 Å². The van der Waals surface area contributed by atoms with Crippen molar-refractivity contribution in [1.82, 2.24) is 14.9 Å². The summed E-state index contributed by atoms with van der Waals surface area (Å²) >= 11 is 0. The molecular formula is C15H19N3. The summed E-state index contributed by atoms with van der Waals surface area (Å²) in [6.07, 6.45) is 6.76. The second kappa shape index (κ2) is 5.36. The van der Waals surface area contributed by atoms with Crippen LogP contribution in [0, 0.1) is 5.92 Å². The summed E-state index contributed by atoms with van der Waals surface area (Å²) in [7, 11) is 0. The van der Waals surface area contributed by atoms with E-state index < -0.39 is 0 Å². The monoisotopic (exact) mass is 241 g/mol. The lowest BCUT2D eigenvalue weighted by molar-refractivity contribution is 0.578. The van der Waals surface area contributed by atoms with Crippen LogP contribution in [0.1, 0.15) is 12.8 Å². The van der Waals surface area contributed by atoms with Crippen LogP contribution < -0.4 is 5.32 Å². The first-order valence-corrected chi connectivity index (χ1v) is 6.71. The Morgan fingerprint density at radius 3 is 2.83 bits per heavy atom. The largest absolute Gasteiger partial charge is 0.330 e. The van der Waals surface area contributed by atoms with Gasteiger partial charge < -0.3 is 9.88 Å². The number of hydrogen-bond donors (Lipinski definition) is 1. The topological polar surface area (TPSA) is 29.9 Å². The molecule has 1 aliphatic rings. The van der Waals surface area contributed by atoms with Gasteiger partial charge in [0.1, 0.15) is 5.82 Å². The maximum atomic E-state index is 4.45. The highest BCUT2D eigenvalue weighted by atomic mass is 15.1. The zero-order valence-corrected chi connectivity index (χ0v) is 10.5. The molecule has 1 saturated carbocycles. The van der Waals surface area contributed by atoms with E-state index in [1.54, 1.807) is 0 Å². The molecule has 1 fully saturated rings. The zero-order valence-electron chi connectivity index (χ0n) is 10.5. The molecule has 0 spiro atoms. The van der Waals surface area contributed by atoms with Crippen molar-refractivity contribution in [2.45, 2.75) is 19.4 Å². The molecule has 3 heteroatoms. The Kier molecular flexibility index (Phi) is 3.42. The van der Waals surface area contributed by atoms with Crippen molar-refractivity contribution in [1.29, 1.82) is 0 Å². The minimum Gasteiger partial charge on any atom is -0.330 e. The third kappa shape index (κ3) is 2.79. The van der Waals surface area contributed by atoms with Gasteiger partial charge in [-0.05, 0) is 25.3 Å². The molecule has 0 aliphatic heterocycles. The maximum absolute atomic E-state index is 4.45. The molecule has 1 aromatic heterocycles. The summed E-state index contributed by atoms with van der Waals surface area (Å²) in [6, 6.07) is 10.4. The van der Waals surface area contributed by atoms with Crippen LogP contribution in [0.3, 0.4) is 0 Å². The van der Waals surface area contributed by atoms with Gasteiger partial charge in [-0.15, -0.1) is 0 Å². The fourth-order valence-corrected chi connectivity index (χ4v) is 2.16. The molecular weight excluding hydrogens is 222 g/mol. The Morgan fingerprint density at radius 2 is 2.06 bits per heavy atom. The Morgan fingerprint density at radius 1 is 1.22 bits per heavy atom. The number of imidazole rings is 1. The van der Waals surface area contributed by atoms with E-state index in [1.807, 2.05) is 12.3 Å². The van der Waals surface area contributed by atoms with Crippen molar-refractivity contribution in [3.63, 3.8) is 0 Å². The van der Waals surface area contributed by atoms with Crippen molar-refractivity contribution in [2.24, 2.45) is 5.92 Å². The van der Waals surface area contributed by atoms with E-state index in [-0.39, 0.29) is 0 Å². The van der Waals surface area contributed by atoms with Gasteiger partial charge in [-0.1, -0.05) is 30.3 Å². The molecule has 0 atom stereocenters. The third-order valence-corrected chi connectivity index (χ3v) is 3.41. The van der Waals surface area contributed by atoms with Gasteiger partial charge in [0.15, 0.2) is 0 Å². The average Bonchev–Trinajstić information content (AvgIpc) is 3.12. The highest BCUT2D eigenvalue weighted by molar-refractivity contribution is 5.55. The van der Waals surface area contributed by atoms with Crippen molar-refractivity contribution in [2.75, 3.05) is 13.1 Å². The summed E-state index contributed by atoms with van der Waals surface area (Å²) in [5.74, 6) is 2.00. The number of hydrogen-bond acceptors (Lipinski definition) is 2. The van der Waals surface area contributed by atoms with E-state index in [1.165, 1.54) is 24.9 Å². The van der Waals surface area contributed by atoms with Gasteiger partial charge in [0.2, 0.25) is 0 Å². The van der Waals surface area contributed by atoms with Gasteiger partial charge >= 0.3 is 0 Å². The lowest BCUT2D eigenvalue weighted by atomic mass is 10.2. The molecule has 0 saturated heterocycles. The van der Waals surface area contributed by atoms with Gasteiger partial charge in [0.05, 0.1) is 0 Å². The second-order valence-electron chi connectivity index (χ2n) is 4.96. The maximum Gasteiger partial charge on any atom is 0.139 e. The van der Waals surface area contributed by atoms with Gasteiger partial charge in [-0.3, -0.25) is 0 Å². The molecule has 1 aliphatic carbocycles. The molecule has 0 amide bonds. The summed E-state index contributed by atoms with van der Waals surface area (Å²) in [5.41, 5.74) is 1.18. The first-order valence-electron chi connectivity index (χ1n) is 6.71. The lowest BCUT2D eigenvalue weighted by Crippen LogP contribution is -2.22. The minimum absolute atomic E-state index is 0.946. The van der Waals surface area contributed by atoms with Gasteiger partial charge in [-0.25, -0.2) is 4.98 Å². The third-order valence-electron chi connectivity index (χ3n) is 3.41. The summed E-state index contributed by atoms with van der Waals surface area (Å²) in [4.78, 5) is 4.45. The van der Waals surface area contributed by atoms with Gasteiger partial charge in [0.25, 0.3) is 0 Å². The molecule has 1 aromatic carbocycles. The molecule has 1 N–H and O–H groups in total. The Bertz CT molecular complexity index is 485. The molecule has 0 radical (unpaired) electrons. The van der Waals surface area contributed by atoms with E-state index in [2.05, 4.69) is 45.3 Å². The number of nitrogens with zero attached hydrogens (tertiary/aromatic N) is 2. The second-order valence-corrected chi connectivity index (χ2v) is 4.96. The Labute approximate surface area is 108 Å². The highest BCUT2D eigenvalue weighted by Crippen LogP contribution is 2.27. The SMILES string of the molecule is c1ccc(-c2nccn2CCNCC2CC2)cc1. The summed E-state index contributed by atoms with van der Waals surface area (Å²) in [6.45, 7) is 3.18. The van der Waals surface area contributed by atoms with Crippen LogP contribution in [0.25, 0.3) is 11.4 Å². The molecule has 1 heterocycles. The van der Waals surface area contributed by atoms with E-state index >= 15 is 0 Å². The Hall–Kier alpha value is -1.61. The standard InChI is InChI=1S/C15H19N3/c1-2-4-14(5-3-1)15-17-9-11-18(15)10-8-16-12-13-6-7-13/h1-5,9,11,13,16H,6-8,10,12H2. The normalized spacial score (nSPS) is 14.9. The first-order chi connectivity index (χ1) is 8.93. The van der Waals surface area contributed by atoms with E-state index in [0.29, 0.717) is 0 Å². The lowest BCUT2D eigenvalue weighted by Gasteiger charge is -2.08. The van der Waals surface area contributed by atoms with Crippen molar-refractivity contribution < 1.29 is 0 Å². The fourth-order valence-electron chi connectivity index (χ4n) is 2.16. The molecule has 0 bridgehead atoms. The fraction of sp³-hybridized carbons (Fsp3) is 0.400. The van der Waals surface area contributed by atoms with Gasteiger partial charge in [-0.2, -0.15) is 0 Å². The molecule has 2 aromatic rings. The molecule has 0 unspecified atom stereocenters. The average molecular weight is 241 g/mol. The predicted molar refractivity (Wildman–Crippen MR) is 73.3 cm³/mol. The molecule has 3 rings (SSSR count). The number of nitrogens with one attached hydrogen (secondary N) is 1. The first kappa shape index (κ1) is 11.5. The summed E-state index contributed by atoms with van der Waals surface area (Å²) < 4.78 is 2.22. The zero-order chi connectivity index (χ0) is 12.2. The van der Waals surface area contributed by atoms with Crippen molar-refractivity contribution in [3.05, 3.63) is 42.7 Å². The molecule has 3 nitrogen and oxygen atoms in total. The van der Waals surface area contributed by atoms with Crippen LogP contribution >= 0.6 is 0 Å². The van der Waals surface area contributed by atoms with Crippen LogP contribution in [0.4, 0.5) is 0 Å². The smallest absolute Gasteiger partial charge is 0.139 e.